The second-order valence-corrected chi connectivity index (χ2v) is 6.68. The zero-order valence-corrected chi connectivity index (χ0v) is 15.4. The van der Waals surface area contributed by atoms with Crippen molar-refractivity contribution >= 4 is 45.0 Å². The number of rotatable bonds is 3. The lowest BCUT2D eigenvalue weighted by atomic mass is 10.1. The summed E-state index contributed by atoms with van der Waals surface area (Å²) >= 11 is 6.40. The highest BCUT2D eigenvalue weighted by Gasteiger charge is 2.19. The van der Waals surface area contributed by atoms with Crippen LogP contribution >= 0.6 is 11.6 Å². The average molecular weight is 369 g/mol. The maximum atomic E-state index is 13.0. The molecule has 0 radical (unpaired) electrons. The first kappa shape index (κ1) is 17.8. The molecule has 1 heterocycles. The first-order chi connectivity index (χ1) is 12.3. The fourth-order valence-corrected chi connectivity index (χ4v) is 3.49. The van der Waals surface area contributed by atoms with Gasteiger partial charge in [0.15, 0.2) is 5.43 Å². The summed E-state index contributed by atoms with van der Waals surface area (Å²) in [4.78, 5) is 29.9. The SMILES string of the molecule is [C-]#[N+]NC(=O)Cn1c2cc(C)ccc2c(=O)c2ccc(Cl)c(N(C)C)c21. The Morgan fingerprint density at radius 1 is 1.27 bits per heavy atom. The van der Waals surface area contributed by atoms with E-state index in [9.17, 15) is 9.59 Å². The van der Waals surface area contributed by atoms with Gasteiger partial charge < -0.3 is 9.47 Å². The summed E-state index contributed by atoms with van der Waals surface area (Å²) in [6, 6.07) is 8.85. The predicted octanol–water partition coefficient (Wildman–Crippen LogP) is 3.13. The fourth-order valence-electron chi connectivity index (χ4n) is 3.16. The quantitative estimate of drug-likeness (QED) is 0.439. The Kier molecular flexibility index (Phi) is 4.58. The van der Waals surface area contributed by atoms with E-state index < -0.39 is 5.91 Å². The minimum Gasteiger partial charge on any atom is -0.375 e. The molecule has 1 N–H and O–H groups in total. The number of amides is 1. The summed E-state index contributed by atoms with van der Waals surface area (Å²) in [5.74, 6) is -0.461. The van der Waals surface area contributed by atoms with E-state index >= 15 is 0 Å². The van der Waals surface area contributed by atoms with Gasteiger partial charge in [-0.25, -0.2) is 0 Å². The molecule has 2 aromatic carbocycles. The molecule has 0 saturated carbocycles. The van der Waals surface area contributed by atoms with E-state index in [1.54, 1.807) is 22.8 Å². The van der Waals surface area contributed by atoms with Crippen LogP contribution in [0.5, 0.6) is 0 Å². The molecule has 3 rings (SSSR count). The molecule has 0 spiro atoms. The Morgan fingerprint density at radius 2 is 1.96 bits per heavy atom. The van der Waals surface area contributed by atoms with Crippen molar-refractivity contribution in [2.45, 2.75) is 13.5 Å². The zero-order valence-electron chi connectivity index (χ0n) is 14.6. The van der Waals surface area contributed by atoms with Crippen LogP contribution in [0, 0.1) is 13.5 Å². The summed E-state index contributed by atoms with van der Waals surface area (Å²) in [7, 11) is 3.66. The highest BCUT2D eigenvalue weighted by Crippen LogP contribution is 2.34. The molecule has 6 nitrogen and oxygen atoms in total. The molecule has 132 valence electrons. The maximum absolute atomic E-state index is 13.0. The van der Waals surface area contributed by atoms with E-state index in [2.05, 4.69) is 10.4 Å². The number of carbonyl (C=O) groups is 1. The molecule has 3 aromatic rings. The third-order valence-corrected chi connectivity index (χ3v) is 4.54. The number of halogens is 1. The Bertz CT molecular complexity index is 1140. The van der Waals surface area contributed by atoms with Crippen LogP contribution in [0.1, 0.15) is 5.56 Å². The van der Waals surface area contributed by atoms with Gasteiger partial charge in [-0.1, -0.05) is 23.1 Å². The molecular formula is C19H17ClN4O2. The summed E-state index contributed by atoms with van der Waals surface area (Å²) in [6.07, 6.45) is 0. The van der Waals surface area contributed by atoms with Gasteiger partial charge in [0.2, 0.25) is 0 Å². The van der Waals surface area contributed by atoms with Crippen LogP contribution in [0.25, 0.3) is 26.8 Å². The Labute approximate surface area is 155 Å². The van der Waals surface area contributed by atoms with Crippen LogP contribution in [0.3, 0.4) is 0 Å². The number of aryl methyl sites for hydroxylation is 1. The molecule has 0 atom stereocenters. The Balaban J connectivity index is 2.55. The molecule has 0 saturated heterocycles. The van der Waals surface area contributed by atoms with Gasteiger partial charge in [0.05, 0.1) is 21.7 Å². The van der Waals surface area contributed by atoms with Crippen LogP contribution in [0.2, 0.25) is 5.02 Å². The van der Waals surface area contributed by atoms with Crippen LogP contribution in [0.4, 0.5) is 5.69 Å². The Hall–Kier alpha value is -3.04. The smallest absolute Gasteiger partial charge is 0.307 e. The summed E-state index contributed by atoms with van der Waals surface area (Å²) in [5, 5.41) is 1.48. The summed E-state index contributed by atoms with van der Waals surface area (Å²) < 4.78 is 1.75. The van der Waals surface area contributed by atoms with Gasteiger partial charge in [0.25, 0.3) is 0 Å². The first-order valence-electron chi connectivity index (χ1n) is 7.93. The lowest BCUT2D eigenvalue weighted by Gasteiger charge is -2.22. The topological polar surface area (TPSA) is 58.7 Å². The number of hydrogen-bond donors (Lipinski definition) is 1. The molecule has 7 heteroatoms. The van der Waals surface area contributed by atoms with E-state index in [-0.39, 0.29) is 12.0 Å². The molecule has 0 fully saturated rings. The van der Waals surface area contributed by atoms with Crippen molar-refractivity contribution in [2.75, 3.05) is 19.0 Å². The van der Waals surface area contributed by atoms with E-state index in [1.165, 1.54) is 0 Å². The average Bonchev–Trinajstić information content (AvgIpc) is 2.58. The van der Waals surface area contributed by atoms with Crippen LogP contribution < -0.4 is 15.8 Å². The molecule has 0 unspecified atom stereocenters. The van der Waals surface area contributed by atoms with Crippen molar-refractivity contribution in [2.24, 2.45) is 0 Å². The highest BCUT2D eigenvalue weighted by molar-refractivity contribution is 6.35. The number of anilines is 1. The largest absolute Gasteiger partial charge is 0.375 e. The number of nitrogens with zero attached hydrogens (tertiary/aromatic N) is 3. The normalized spacial score (nSPS) is 10.7. The van der Waals surface area contributed by atoms with E-state index in [1.807, 2.05) is 38.1 Å². The standard InChI is InChI=1S/C19H17ClN4O2/c1-11-5-6-12-15(9-11)24(10-16(25)22-21-2)17-13(19(12)26)7-8-14(20)18(17)23(3)4/h5-9H,10H2,1,3-4H3,(H,22,25). The van der Waals surface area contributed by atoms with E-state index in [0.717, 1.165) is 5.56 Å². The highest BCUT2D eigenvalue weighted by atomic mass is 35.5. The van der Waals surface area contributed by atoms with Crippen LogP contribution in [-0.4, -0.2) is 24.6 Å². The molecule has 0 aliphatic rings. The number of aromatic nitrogens is 1. The molecule has 0 aliphatic carbocycles. The maximum Gasteiger partial charge on any atom is 0.307 e. The van der Waals surface area contributed by atoms with Crippen molar-refractivity contribution in [3.8, 4) is 0 Å². The van der Waals surface area contributed by atoms with Gasteiger partial charge in [-0.15, -0.1) is 0 Å². The molecular weight excluding hydrogens is 352 g/mol. The Morgan fingerprint density at radius 3 is 2.62 bits per heavy atom. The van der Waals surface area contributed by atoms with Gasteiger partial charge in [0.1, 0.15) is 6.54 Å². The van der Waals surface area contributed by atoms with Crippen molar-refractivity contribution < 1.29 is 4.79 Å². The van der Waals surface area contributed by atoms with Gasteiger partial charge in [-0.3, -0.25) is 9.59 Å². The molecule has 1 aromatic heterocycles. The summed E-state index contributed by atoms with van der Waals surface area (Å²) in [6.45, 7) is 8.66. The van der Waals surface area contributed by atoms with E-state index in [0.29, 0.717) is 32.5 Å². The fraction of sp³-hybridized carbons (Fsp3) is 0.211. The minimum absolute atomic E-state index is 0.0969. The third kappa shape index (κ3) is 2.87. The molecule has 1 amide bonds. The minimum atomic E-state index is -0.461. The van der Waals surface area contributed by atoms with Crippen molar-refractivity contribution in [1.29, 1.82) is 0 Å². The second kappa shape index (κ2) is 6.70. The number of hydrogen-bond acceptors (Lipinski definition) is 3. The molecule has 0 bridgehead atoms. The number of pyridine rings is 1. The number of benzene rings is 2. The molecule has 26 heavy (non-hydrogen) atoms. The third-order valence-electron chi connectivity index (χ3n) is 4.23. The van der Waals surface area contributed by atoms with Crippen molar-refractivity contribution in [1.82, 2.24) is 9.99 Å². The van der Waals surface area contributed by atoms with Crippen LogP contribution in [-0.2, 0) is 11.3 Å². The van der Waals surface area contributed by atoms with Crippen molar-refractivity contribution in [3.63, 3.8) is 0 Å². The number of carbonyl (C=O) groups excluding carboxylic acids is 1. The van der Waals surface area contributed by atoms with Gasteiger partial charge in [-0.05, 0) is 36.8 Å². The zero-order chi connectivity index (χ0) is 19.0. The first-order valence-corrected chi connectivity index (χ1v) is 8.31. The predicted molar refractivity (Wildman–Crippen MR) is 105 cm³/mol. The van der Waals surface area contributed by atoms with Gasteiger partial charge >= 0.3 is 5.91 Å². The lowest BCUT2D eigenvalue weighted by Crippen LogP contribution is -2.25. The van der Waals surface area contributed by atoms with Gasteiger partial charge in [0, 0.05) is 24.9 Å². The van der Waals surface area contributed by atoms with Crippen LogP contribution in [0.15, 0.2) is 35.1 Å². The number of fused-ring (bicyclic) bond motifs is 2. The monoisotopic (exact) mass is 368 g/mol. The summed E-state index contributed by atoms with van der Waals surface area (Å²) in [5.41, 5.74) is 4.83. The van der Waals surface area contributed by atoms with E-state index in [4.69, 9.17) is 18.2 Å². The van der Waals surface area contributed by atoms with Crippen molar-refractivity contribution in [3.05, 3.63) is 62.7 Å². The van der Waals surface area contributed by atoms with Gasteiger partial charge in [-0.2, -0.15) is 11.5 Å². The lowest BCUT2D eigenvalue weighted by molar-refractivity contribution is -0.120. The molecule has 0 aliphatic heterocycles. The number of nitrogens with one attached hydrogen (secondary N) is 1. The second-order valence-electron chi connectivity index (χ2n) is 6.27.